The van der Waals surface area contributed by atoms with Crippen LogP contribution in [-0.2, 0) is 6.42 Å². The van der Waals surface area contributed by atoms with Crippen molar-refractivity contribution in [1.29, 1.82) is 0 Å². The lowest BCUT2D eigenvalue weighted by atomic mass is 10.2. The number of ether oxygens (including phenoxy) is 1. The number of rotatable bonds is 6. The average molecular weight is 194 g/mol. The van der Waals surface area contributed by atoms with Crippen LogP contribution >= 0.6 is 0 Å². The molecule has 1 aromatic heterocycles. The van der Waals surface area contributed by atoms with Crippen LogP contribution in [0.1, 0.15) is 38.8 Å². The number of hydrogen-bond donors (Lipinski definition) is 0. The third-order valence-corrected chi connectivity index (χ3v) is 1.93. The monoisotopic (exact) mass is 194 g/mol. The van der Waals surface area contributed by atoms with Gasteiger partial charge in [-0.2, -0.15) is 0 Å². The van der Waals surface area contributed by atoms with Crippen LogP contribution < -0.4 is 4.74 Å². The van der Waals surface area contributed by atoms with Crippen LogP contribution in [0.15, 0.2) is 12.3 Å². The first-order chi connectivity index (χ1) is 6.86. The van der Waals surface area contributed by atoms with Crippen molar-refractivity contribution in [2.75, 3.05) is 6.61 Å². The highest BCUT2D eigenvalue weighted by Gasteiger charge is 1.98. The van der Waals surface area contributed by atoms with E-state index < -0.39 is 0 Å². The Morgan fingerprint density at radius 2 is 2.14 bits per heavy atom. The molecule has 0 saturated carbocycles. The van der Waals surface area contributed by atoms with Crippen molar-refractivity contribution in [2.45, 2.75) is 39.5 Å². The molecule has 0 spiro atoms. The van der Waals surface area contributed by atoms with Crippen LogP contribution in [0.5, 0.6) is 6.01 Å². The van der Waals surface area contributed by atoms with Crippen molar-refractivity contribution in [3.8, 4) is 6.01 Å². The molecule has 3 heteroatoms. The van der Waals surface area contributed by atoms with Gasteiger partial charge >= 0.3 is 6.01 Å². The summed E-state index contributed by atoms with van der Waals surface area (Å²) in [5.74, 6) is 0. The second kappa shape index (κ2) is 6.35. The van der Waals surface area contributed by atoms with Gasteiger partial charge in [-0.1, -0.05) is 26.7 Å². The quantitative estimate of drug-likeness (QED) is 0.653. The van der Waals surface area contributed by atoms with E-state index in [1.807, 2.05) is 6.07 Å². The molecule has 0 amide bonds. The Morgan fingerprint density at radius 1 is 1.29 bits per heavy atom. The fourth-order valence-electron chi connectivity index (χ4n) is 1.15. The van der Waals surface area contributed by atoms with Gasteiger partial charge in [-0.15, -0.1) is 0 Å². The predicted octanol–water partition coefficient (Wildman–Crippen LogP) is 2.61. The van der Waals surface area contributed by atoms with E-state index >= 15 is 0 Å². The minimum absolute atomic E-state index is 0.518. The minimum atomic E-state index is 0.518. The maximum atomic E-state index is 5.41. The van der Waals surface area contributed by atoms with Crippen LogP contribution in [-0.4, -0.2) is 16.6 Å². The Kier molecular flexibility index (Phi) is 4.97. The van der Waals surface area contributed by atoms with Crippen LogP contribution in [0.2, 0.25) is 0 Å². The molecule has 1 rings (SSSR count). The molecule has 0 bridgehead atoms. The van der Waals surface area contributed by atoms with Gasteiger partial charge < -0.3 is 4.74 Å². The summed E-state index contributed by atoms with van der Waals surface area (Å²) >= 11 is 0. The third-order valence-electron chi connectivity index (χ3n) is 1.93. The van der Waals surface area contributed by atoms with Gasteiger partial charge in [0.05, 0.1) is 6.61 Å². The topological polar surface area (TPSA) is 35.0 Å². The van der Waals surface area contributed by atoms with E-state index in [9.17, 15) is 0 Å². The molecular formula is C11H18N2O. The first kappa shape index (κ1) is 11.0. The standard InChI is InChI=1S/C11H18N2O/c1-3-5-9-14-11-12-8-7-10(13-11)6-4-2/h7-8H,3-6,9H2,1-2H3. The second-order valence-electron chi connectivity index (χ2n) is 3.28. The van der Waals surface area contributed by atoms with Gasteiger partial charge in [0.15, 0.2) is 0 Å². The zero-order chi connectivity index (χ0) is 10.2. The molecule has 0 radical (unpaired) electrons. The molecule has 0 N–H and O–H groups in total. The smallest absolute Gasteiger partial charge is 0.316 e. The fourth-order valence-corrected chi connectivity index (χ4v) is 1.15. The van der Waals surface area contributed by atoms with Gasteiger partial charge in [-0.05, 0) is 18.9 Å². The lowest BCUT2D eigenvalue weighted by molar-refractivity contribution is 0.284. The zero-order valence-corrected chi connectivity index (χ0v) is 8.99. The van der Waals surface area contributed by atoms with Crippen LogP contribution in [0.25, 0.3) is 0 Å². The van der Waals surface area contributed by atoms with Gasteiger partial charge in [0.2, 0.25) is 0 Å². The molecule has 0 aliphatic heterocycles. The molecule has 0 unspecified atom stereocenters. The molecule has 0 aromatic carbocycles. The molecule has 78 valence electrons. The first-order valence-electron chi connectivity index (χ1n) is 5.31. The zero-order valence-electron chi connectivity index (χ0n) is 8.99. The molecule has 0 saturated heterocycles. The van der Waals surface area contributed by atoms with E-state index in [-0.39, 0.29) is 0 Å². The molecule has 14 heavy (non-hydrogen) atoms. The van der Waals surface area contributed by atoms with E-state index in [1.54, 1.807) is 6.20 Å². The van der Waals surface area contributed by atoms with Crippen molar-refractivity contribution in [3.63, 3.8) is 0 Å². The van der Waals surface area contributed by atoms with Gasteiger partial charge in [0, 0.05) is 11.9 Å². The predicted molar refractivity (Wildman–Crippen MR) is 56.4 cm³/mol. The van der Waals surface area contributed by atoms with E-state index in [0.717, 1.165) is 31.4 Å². The number of aromatic nitrogens is 2. The third kappa shape index (κ3) is 3.73. The minimum Gasteiger partial charge on any atom is -0.463 e. The number of nitrogens with zero attached hydrogens (tertiary/aromatic N) is 2. The van der Waals surface area contributed by atoms with Gasteiger partial charge in [0.1, 0.15) is 0 Å². The van der Waals surface area contributed by atoms with E-state index in [0.29, 0.717) is 12.6 Å². The van der Waals surface area contributed by atoms with Crippen LogP contribution in [0, 0.1) is 0 Å². The molecule has 0 aliphatic carbocycles. The summed E-state index contributed by atoms with van der Waals surface area (Å²) in [6.45, 7) is 4.99. The SMILES string of the molecule is CCCCOc1nccc(CCC)n1. The number of hydrogen-bond acceptors (Lipinski definition) is 3. The van der Waals surface area contributed by atoms with Crippen LogP contribution in [0.4, 0.5) is 0 Å². The first-order valence-corrected chi connectivity index (χ1v) is 5.31. The molecule has 1 heterocycles. The highest BCUT2D eigenvalue weighted by atomic mass is 16.5. The molecule has 1 aromatic rings. The largest absolute Gasteiger partial charge is 0.463 e. The molecule has 0 atom stereocenters. The Bertz CT molecular complexity index is 263. The summed E-state index contributed by atoms with van der Waals surface area (Å²) in [5, 5.41) is 0. The second-order valence-corrected chi connectivity index (χ2v) is 3.28. The van der Waals surface area contributed by atoms with Gasteiger partial charge in [0.25, 0.3) is 0 Å². The maximum absolute atomic E-state index is 5.41. The van der Waals surface area contributed by atoms with Crippen molar-refractivity contribution in [1.82, 2.24) is 9.97 Å². The number of unbranched alkanes of at least 4 members (excludes halogenated alkanes) is 1. The summed E-state index contributed by atoms with van der Waals surface area (Å²) in [6.07, 6.45) is 6.05. The van der Waals surface area contributed by atoms with E-state index in [1.165, 1.54) is 0 Å². The van der Waals surface area contributed by atoms with Crippen LogP contribution in [0.3, 0.4) is 0 Å². The normalized spacial score (nSPS) is 10.1. The maximum Gasteiger partial charge on any atom is 0.316 e. The van der Waals surface area contributed by atoms with E-state index in [2.05, 4.69) is 23.8 Å². The lowest BCUT2D eigenvalue weighted by Gasteiger charge is -2.04. The fraction of sp³-hybridized carbons (Fsp3) is 0.636. The lowest BCUT2D eigenvalue weighted by Crippen LogP contribution is -2.02. The average Bonchev–Trinajstić information content (AvgIpc) is 2.19. The molecule has 3 nitrogen and oxygen atoms in total. The van der Waals surface area contributed by atoms with Crippen molar-refractivity contribution >= 4 is 0 Å². The molecule has 0 fully saturated rings. The van der Waals surface area contributed by atoms with Crippen molar-refractivity contribution < 1.29 is 4.74 Å². The molecule has 0 aliphatic rings. The molecular weight excluding hydrogens is 176 g/mol. The summed E-state index contributed by atoms with van der Waals surface area (Å²) in [5.41, 5.74) is 1.06. The van der Waals surface area contributed by atoms with Crippen molar-refractivity contribution in [3.05, 3.63) is 18.0 Å². The Balaban J connectivity index is 2.46. The summed E-state index contributed by atoms with van der Waals surface area (Å²) < 4.78 is 5.41. The Morgan fingerprint density at radius 3 is 2.86 bits per heavy atom. The Labute approximate surface area is 85.5 Å². The Hall–Kier alpha value is -1.12. The summed E-state index contributed by atoms with van der Waals surface area (Å²) in [7, 11) is 0. The van der Waals surface area contributed by atoms with Gasteiger partial charge in [-0.3, -0.25) is 0 Å². The van der Waals surface area contributed by atoms with E-state index in [4.69, 9.17) is 4.74 Å². The van der Waals surface area contributed by atoms with Crippen molar-refractivity contribution in [2.24, 2.45) is 0 Å². The summed E-state index contributed by atoms with van der Waals surface area (Å²) in [4.78, 5) is 8.36. The number of aryl methyl sites for hydroxylation is 1. The highest BCUT2D eigenvalue weighted by Crippen LogP contribution is 2.05. The highest BCUT2D eigenvalue weighted by molar-refractivity contribution is 5.05. The van der Waals surface area contributed by atoms with Gasteiger partial charge in [-0.25, -0.2) is 9.97 Å². The summed E-state index contributed by atoms with van der Waals surface area (Å²) in [6, 6.07) is 2.46.